The molecule has 46 heavy (non-hydrogen) atoms. The monoisotopic (exact) mass is 669 g/mol. The van der Waals surface area contributed by atoms with Crippen molar-refractivity contribution in [1.82, 2.24) is 16.0 Å². The number of rotatable bonds is 14. The molecule has 1 heterocycles. The van der Waals surface area contributed by atoms with Gasteiger partial charge < -0.3 is 31.7 Å². The lowest BCUT2D eigenvalue weighted by Gasteiger charge is -2.24. The Morgan fingerprint density at radius 2 is 1.50 bits per heavy atom. The molecule has 6 N–H and O–H groups in total. The number of anilines is 1. The van der Waals surface area contributed by atoms with Gasteiger partial charge in [-0.25, -0.2) is 4.79 Å². The summed E-state index contributed by atoms with van der Waals surface area (Å²) in [7, 11) is 1.15. The Morgan fingerprint density at radius 1 is 0.913 bits per heavy atom. The van der Waals surface area contributed by atoms with Crippen molar-refractivity contribution < 1.29 is 41.9 Å². The van der Waals surface area contributed by atoms with Gasteiger partial charge in [0.05, 0.1) is 35.1 Å². The molecular weight excluding hydrogens is 627 g/mol. The van der Waals surface area contributed by atoms with Crippen LogP contribution in [0.2, 0.25) is 0 Å². The lowest BCUT2D eigenvalue weighted by Crippen LogP contribution is -2.55. The normalized spacial score (nSPS) is 13.5. The molecule has 2 aromatic rings. The zero-order valence-electron chi connectivity index (χ0n) is 26.9. The SMILES string of the molecule is CCC(C(=O)Nc1sc(C(=O)NCCNC(=O)[C@@H](NC(=O)[C@@H](N)C(C)C)C(C)C)c(C)c1C(=O)OC)c1ccc(C(F)(F)F)cc1. The molecule has 0 aliphatic rings. The second kappa shape index (κ2) is 16.5. The first-order chi connectivity index (χ1) is 21.4. The van der Waals surface area contributed by atoms with Crippen molar-refractivity contribution in [2.24, 2.45) is 17.6 Å². The number of nitrogens with one attached hydrogen (secondary N) is 4. The minimum absolute atomic E-state index is 0.00721. The summed E-state index contributed by atoms with van der Waals surface area (Å²) < 4.78 is 43.9. The highest BCUT2D eigenvalue weighted by atomic mass is 32.1. The predicted molar refractivity (Wildman–Crippen MR) is 168 cm³/mol. The van der Waals surface area contributed by atoms with E-state index >= 15 is 0 Å². The van der Waals surface area contributed by atoms with Crippen molar-refractivity contribution >= 4 is 45.9 Å². The third-order valence-corrected chi connectivity index (χ3v) is 8.53. The van der Waals surface area contributed by atoms with Gasteiger partial charge >= 0.3 is 12.1 Å². The van der Waals surface area contributed by atoms with E-state index in [1.807, 2.05) is 0 Å². The average Bonchev–Trinajstić information content (AvgIpc) is 3.31. The Kier molecular flexibility index (Phi) is 13.7. The van der Waals surface area contributed by atoms with Crippen molar-refractivity contribution in [1.29, 1.82) is 0 Å². The highest BCUT2D eigenvalue weighted by Gasteiger charge is 2.32. The van der Waals surface area contributed by atoms with Gasteiger partial charge in [-0.15, -0.1) is 11.3 Å². The van der Waals surface area contributed by atoms with Crippen molar-refractivity contribution in [3.05, 3.63) is 51.4 Å². The van der Waals surface area contributed by atoms with Gasteiger partial charge in [0.2, 0.25) is 17.7 Å². The average molecular weight is 670 g/mol. The van der Waals surface area contributed by atoms with Gasteiger partial charge in [0.25, 0.3) is 5.91 Å². The van der Waals surface area contributed by atoms with E-state index in [0.29, 0.717) is 5.56 Å². The van der Waals surface area contributed by atoms with Crippen molar-refractivity contribution in [3.63, 3.8) is 0 Å². The summed E-state index contributed by atoms with van der Waals surface area (Å²) in [5.41, 5.74) is 5.61. The topological polar surface area (TPSA) is 169 Å². The lowest BCUT2D eigenvalue weighted by atomic mass is 9.94. The maximum Gasteiger partial charge on any atom is 0.416 e. The summed E-state index contributed by atoms with van der Waals surface area (Å²) >= 11 is 0.840. The number of carbonyl (C=O) groups excluding carboxylic acids is 5. The number of esters is 1. The number of ether oxygens (including phenoxy) is 1. The van der Waals surface area contributed by atoms with E-state index in [9.17, 15) is 37.1 Å². The molecule has 0 saturated carbocycles. The van der Waals surface area contributed by atoms with E-state index in [0.717, 1.165) is 30.6 Å². The van der Waals surface area contributed by atoms with Crippen LogP contribution < -0.4 is 27.0 Å². The summed E-state index contributed by atoms with van der Waals surface area (Å²) in [5, 5.41) is 10.7. The smallest absolute Gasteiger partial charge is 0.416 e. The number of alkyl halides is 3. The van der Waals surface area contributed by atoms with Crippen LogP contribution >= 0.6 is 11.3 Å². The predicted octanol–water partition coefficient (Wildman–Crippen LogP) is 3.96. The van der Waals surface area contributed by atoms with Crippen LogP contribution in [0.3, 0.4) is 0 Å². The van der Waals surface area contributed by atoms with E-state index < -0.39 is 59.3 Å². The molecule has 1 aromatic heterocycles. The summed E-state index contributed by atoms with van der Waals surface area (Å²) in [6, 6.07) is 2.64. The molecule has 0 bridgehead atoms. The van der Waals surface area contributed by atoms with Crippen LogP contribution in [0.25, 0.3) is 0 Å². The molecule has 0 fully saturated rings. The van der Waals surface area contributed by atoms with Gasteiger partial charge in [-0.2, -0.15) is 13.2 Å². The summed E-state index contributed by atoms with van der Waals surface area (Å²) in [6.07, 6.45) is -4.27. The molecule has 0 spiro atoms. The van der Waals surface area contributed by atoms with E-state index in [4.69, 9.17) is 10.5 Å². The second-order valence-electron chi connectivity index (χ2n) is 11.4. The molecule has 0 radical (unpaired) electrons. The number of nitrogens with two attached hydrogens (primary N) is 1. The highest BCUT2D eigenvalue weighted by Crippen LogP contribution is 2.35. The van der Waals surface area contributed by atoms with Crippen LogP contribution in [0, 0.1) is 18.8 Å². The van der Waals surface area contributed by atoms with Gasteiger partial charge in [-0.05, 0) is 48.4 Å². The Morgan fingerprint density at radius 3 is 2.00 bits per heavy atom. The Bertz CT molecular complexity index is 1410. The Hall–Kier alpha value is -3.98. The zero-order valence-corrected chi connectivity index (χ0v) is 27.7. The largest absolute Gasteiger partial charge is 0.465 e. The molecule has 0 aliphatic heterocycles. The number of hydrogen-bond acceptors (Lipinski definition) is 8. The number of carbonyl (C=O) groups is 5. The third kappa shape index (κ3) is 9.76. The van der Waals surface area contributed by atoms with E-state index in [2.05, 4.69) is 21.3 Å². The summed E-state index contributed by atoms with van der Waals surface area (Å²) in [4.78, 5) is 64.2. The minimum atomic E-state index is -4.52. The first-order valence-electron chi connectivity index (χ1n) is 14.8. The first kappa shape index (κ1) is 38.2. The standard InChI is InChI=1S/C31H42F3N5O6S/c1-8-20(18-9-11-19(12-10-18)31(32,33)34)25(40)39-29-21(30(44)45-7)17(6)24(46-29)28(43)37-14-13-36-27(42)23(16(4)5)38-26(41)22(35)15(2)3/h9-12,15-16,20,22-23H,8,13-14,35H2,1-7H3,(H,36,42)(H,37,43)(H,38,41)(H,39,40)/t20?,22-,23-/m0/s1. The molecule has 3 atom stereocenters. The molecule has 0 saturated heterocycles. The quantitative estimate of drug-likeness (QED) is 0.150. The fraction of sp³-hybridized carbons (Fsp3) is 0.516. The summed E-state index contributed by atoms with van der Waals surface area (Å²) in [6.45, 7) is 10.4. The van der Waals surface area contributed by atoms with Gasteiger partial charge in [-0.1, -0.05) is 46.8 Å². The highest BCUT2D eigenvalue weighted by molar-refractivity contribution is 7.18. The Labute approximate surface area is 270 Å². The number of halogens is 3. The fourth-order valence-corrected chi connectivity index (χ4v) is 5.60. The lowest BCUT2D eigenvalue weighted by molar-refractivity contribution is -0.137. The van der Waals surface area contributed by atoms with E-state index in [-0.39, 0.29) is 52.4 Å². The van der Waals surface area contributed by atoms with E-state index in [1.165, 1.54) is 19.1 Å². The number of hydrogen-bond donors (Lipinski definition) is 5. The van der Waals surface area contributed by atoms with Crippen molar-refractivity contribution in [2.75, 3.05) is 25.5 Å². The van der Waals surface area contributed by atoms with Crippen LogP contribution in [0.5, 0.6) is 0 Å². The maximum absolute atomic E-state index is 13.2. The van der Waals surface area contributed by atoms with Crippen LogP contribution in [0.1, 0.15) is 83.7 Å². The molecular formula is C31H42F3N5O6S. The second-order valence-corrected chi connectivity index (χ2v) is 12.4. The molecule has 4 amide bonds. The van der Waals surface area contributed by atoms with Gasteiger partial charge in [0.1, 0.15) is 11.0 Å². The van der Waals surface area contributed by atoms with Gasteiger partial charge in [0.15, 0.2) is 0 Å². The van der Waals surface area contributed by atoms with Crippen LogP contribution in [-0.4, -0.2) is 61.9 Å². The van der Waals surface area contributed by atoms with Crippen LogP contribution in [0.4, 0.5) is 18.2 Å². The maximum atomic E-state index is 13.2. The van der Waals surface area contributed by atoms with Crippen LogP contribution in [-0.2, 0) is 25.3 Å². The number of amides is 4. The fourth-order valence-electron chi connectivity index (χ4n) is 4.48. The first-order valence-corrected chi connectivity index (χ1v) is 15.6. The number of benzene rings is 1. The van der Waals surface area contributed by atoms with Crippen molar-refractivity contribution in [2.45, 2.75) is 72.1 Å². The third-order valence-electron chi connectivity index (χ3n) is 7.32. The molecule has 1 aromatic carbocycles. The number of methoxy groups -OCH3 is 1. The molecule has 11 nitrogen and oxygen atoms in total. The Balaban J connectivity index is 2.14. The zero-order chi connectivity index (χ0) is 34.9. The molecule has 0 aliphatic carbocycles. The van der Waals surface area contributed by atoms with Gasteiger partial charge in [0, 0.05) is 13.1 Å². The minimum Gasteiger partial charge on any atom is -0.465 e. The molecule has 254 valence electrons. The van der Waals surface area contributed by atoms with Crippen molar-refractivity contribution in [3.8, 4) is 0 Å². The van der Waals surface area contributed by atoms with Crippen LogP contribution in [0.15, 0.2) is 24.3 Å². The summed E-state index contributed by atoms with van der Waals surface area (Å²) in [5.74, 6) is -4.03. The molecule has 15 heteroatoms. The van der Waals surface area contributed by atoms with Gasteiger partial charge in [-0.3, -0.25) is 19.2 Å². The molecule has 1 unspecified atom stereocenters. The van der Waals surface area contributed by atoms with E-state index in [1.54, 1.807) is 34.6 Å². The number of thiophene rings is 1. The molecule has 2 rings (SSSR count).